The number of benzene rings is 1. The van der Waals surface area contributed by atoms with E-state index in [0.29, 0.717) is 13.0 Å². The number of hydrogen-bond donors (Lipinski definition) is 1. The van der Waals surface area contributed by atoms with Crippen LogP contribution in [0.4, 0.5) is 4.79 Å². The van der Waals surface area contributed by atoms with Crippen molar-refractivity contribution < 1.29 is 14.3 Å². The van der Waals surface area contributed by atoms with Gasteiger partial charge in [0.15, 0.2) is 0 Å². The van der Waals surface area contributed by atoms with E-state index in [4.69, 9.17) is 4.74 Å². The Hall–Kier alpha value is -3.29. The smallest absolute Gasteiger partial charge is 0.419 e. The Labute approximate surface area is 156 Å². The number of rotatable bonds is 4. The summed E-state index contributed by atoms with van der Waals surface area (Å²) in [5.41, 5.74) is 1.12. The van der Waals surface area contributed by atoms with Crippen LogP contribution in [-0.2, 0) is 11.2 Å². The summed E-state index contributed by atoms with van der Waals surface area (Å²) in [5.74, 6) is -0.368. The lowest BCUT2D eigenvalue weighted by Gasteiger charge is -2.19. The van der Waals surface area contributed by atoms with E-state index in [2.05, 4.69) is 20.5 Å². The highest BCUT2D eigenvalue weighted by molar-refractivity contribution is 5.92. The molecule has 2 aromatic heterocycles. The number of fused-ring (bicyclic) bond motifs is 1. The Morgan fingerprint density at radius 1 is 1.19 bits per heavy atom. The number of aromatic nitrogens is 4. The molecule has 0 spiro atoms. The molecule has 27 heavy (non-hydrogen) atoms. The molecule has 8 heteroatoms. The van der Waals surface area contributed by atoms with Gasteiger partial charge in [-0.15, -0.1) is 5.10 Å². The van der Waals surface area contributed by atoms with Crippen LogP contribution in [0.3, 0.4) is 0 Å². The summed E-state index contributed by atoms with van der Waals surface area (Å²) in [5, 5.41) is 11.0. The van der Waals surface area contributed by atoms with Crippen LogP contribution in [0.25, 0.3) is 10.9 Å². The molecule has 0 saturated carbocycles. The van der Waals surface area contributed by atoms with E-state index in [0.717, 1.165) is 16.5 Å². The Morgan fingerprint density at radius 2 is 1.96 bits per heavy atom. The number of nitrogens with zero attached hydrogens (tertiary/aromatic N) is 4. The van der Waals surface area contributed by atoms with E-state index < -0.39 is 11.7 Å². The number of carbonyl (C=O) groups excluding carboxylic acids is 2. The van der Waals surface area contributed by atoms with Crippen molar-refractivity contribution in [3.05, 3.63) is 54.2 Å². The first kappa shape index (κ1) is 18.5. The van der Waals surface area contributed by atoms with Crippen LogP contribution in [0.15, 0.2) is 42.9 Å². The molecule has 1 N–H and O–H groups in total. The monoisotopic (exact) mass is 367 g/mol. The van der Waals surface area contributed by atoms with Crippen LogP contribution in [-0.4, -0.2) is 43.9 Å². The zero-order valence-corrected chi connectivity index (χ0v) is 15.5. The van der Waals surface area contributed by atoms with Gasteiger partial charge in [-0.3, -0.25) is 9.36 Å². The van der Waals surface area contributed by atoms with Crippen LogP contribution in [0, 0.1) is 0 Å². The second-order valence-electron chi connectivity index (χ2n) is 6.99. The SMILES string of the molecule is CC(C)(C)OC(=O)n1cc(CCNC(=O)c2nccnn2)c2ccccc21. The fourth-order valence-electron chi connectivity index (χ4n) is 2.65. The van der Waals surface area contributed by atoms with E-state index >= 15 is 0 Å². The van der Waals surface area contributed by atoms with Crippen molar-refractivity contribution in [3.63, 3.8) is 0 Å². The van der Waals surface area contributed by atoms with Gasteiger partial charge in [0.25, 0.3) is 5.91 Å². The molecule has 1 amide bonds. The summed E-state index contributed by atoms with van der Waals surface area (Å²) >= 11 is 0. The molecule has 0 bridgehead atoms. The lowest BCUT2D eigenvalue weighted by molar-refractivity contribution is 0.0544. The Morgan fingerprint density at radius 3 is 2.67 bits per heavy atom. The van der Waals surface area contributed by atoms with Crippen LogP contribution < -0.4 is 5.32 Å². The number of amides is 1. The molecule has 3 aromatic rings. The first-order valence-electron chi connectivity index (χ1n) is 8.59. The minimum absolute atomic E-state index is 0.0219. The van der Waals surface area contributed by atoms with Gasteiger partial charge in [0, 0.05) is 24.3 Å². The fraction of sp³-hybridized carbons (Fsp3) is 0.316. The van der Waals surface area contributed by atoms with Crippen molar-refractivity contribution in [2.45, 2.75) is 32.8 Å². The summed E-state index contributed by atoms with van der Waals surface area (Å²) < 4.78 is 6.98. The van der Waals surface area contributed by atoms with Gasteiger partial charge in [-0.1, -0.05) is 18.2 Å². The predicted molar refractivity (Wildman–Crippen MR) is 99.4 cm³/mol. The summed E-state index contributed by atoms with van der Waals surface area (Å²) in [6.45, 7) is 5.86. The maximum atomic E-state index is 12.5. The summed E-state index contributed by atoms with van der Waals surface area (Å²) in [6.07, 6.45) is 4.68. The van der Waals surface area contributed by atoms with Crippen molar-refractivity contribution in [3.8, 4) is 0 Å². The van der Waals surface area contributed by atoms with Crippen molar-refractivity contribution in [2.24, 2.45) is 0 Å². The summed E-state index contributed by atoms with van der Waals surface area (Å²) in [7, 11) is 0. The van der Waals surface area contributed by atoms with Gasteiger partial charge in [0.05, 0.1) is 11.7 Å². The first-order valence-corrected chi connectivity index (χ1v) is 8.59. The van der Waals surface area contributed by atoms with Crippen molar-refractivity contribution in [1.82, 2.24) is 25.1 Å². The second kappa shape index (κ2) is 7.53. The van der Waals surface area contributed by atoms with Gasteiger partial charge in [-0.25, -0.2) is 9.78 Å². The van der Waals surface area contributed by atoms with Crippen LogP contribution >= 0.6 is 0 Å². The molecule has 1 aromatic carbocycles. The van der Waals surface area contributed by atoms with Gasteiger partial charge < -0.3 is 10.1 Å². The molecule has 0 unspecified atom stereocenters. The highest BCUT2D eigenvalue weighted by Crippen LogP contribution is 2.23. The van der Waals surface area contributed by atoms with Gasteiger partial charge in [-0.05, 0) is 38.8 Å². The quantitative estimate of drug-likeness (QED) is 0.761. The van der Waals surface area contributed by atoms with Crippen molar-refractivity contribution in [2.75, 3.05) is 6.54 Å². The molecule has 0 aliphatic carbocycles. The van der Waals surface area contributed by atoms with E-state index in [1.54, 1.807) is 6.20 Å². The normalized spacial score (nSPS) is 11.4. The largest absolute Gasteiger partial charge is 0.443 e. The van der Waals surface area contributed by atoms with E-state index in [1.165, 1.54) is 17.0 Å². The molecule has 8 nitrogen and oxygen atoms in total. The van der Waals surface area contributed by atoms with E-state index in [1.807, 2.05) is 45.0 Å². The van der Waals surface area contributed by atoms with Gasteiger partial charge in [0.1, 0.15) is 5.60 Å². The molecule has 0 aliphatic rings. The van der Waals surface area contributed by atoms with Crippen molar-refractivity contribution >= 4 is 22.9 Å². The van der Waals surface area contributed by atoms with Crippen LogP contribution in [0.2, 0.25) is 0 Å². The minimum atomic E-state index is -0.583. The van der Waals surface area contributed by atoms with Crippen LogP contribution in [0.1, 0.15) is 37.0 Å². The van der Waals surface area contributed by atoms with Crippen molar-refractivity contribution in [1.29, 1.82) is 0 Å². The maximum Gasteiger partial charge on any atom is 0.419 e. The minimum Gasteiger partial charge on any atom is -0.443 e. The molecule has 0 aliphatic heterocycles. The molecule has 3 rings (SSSR count). The number of ether oxygens (including phenoxy) is 1. The second-order valence-corrected chi connectivity index (χ2v) is 6.99. The molecule has 0 radical (unpaired) electrons. The number of hydrogen-bond acceptors (Lipinski definition) is 6. The zero-order chi connectivity index (χ0) is 19.4. The average molecular weight is 367 g/mol. The summed E-state index contributed by atoms with van der Waals surface area (Å²) in [4.78, 5) is 28.4. The summed E-state index contributed by atoms with van der Waals surface area (Å²) in [6, 6.07) is 7.59. The van der Waals surface area contributed by atoms with E-state index in [-0.39, 0.29) is 11.7 Å². The highest BCUT2D eigenvalue weighted by atomic mass is 16.6. The lowest BCUT2D eigenvalue weighted by atomic mass is 10.1. The zero-order valence-electron chi connectivity index (χ0n) is 15.5. The molecule has 140 valence electrons. The van der Waals surface area contributed by atoms with Gasteiger partial charge in [-0.2, -0.15) is 5.10 Å². The van der Waals surface area contributed by atoms with Crippen LogP contribution in [0.5, 0.6) is 0 Å². The Kier molecular flexibility index (Phi) is 5.16. The standard InChI is InChI=1S/C19H21N5O3/c1-19(2,3)27-18(26)24-12-13(14-6-4-5-7-15(14)24)8-9-21-17(25)16-20-10-11-22-23-16/h4-7,10-12H,8-9H2,1-3H3,(H,21,25). The van der Waals surface area contributed by atoms with E-state index in [9.17, 15) is 9.59 Å². The number of nitrogens with one attached hydrogen (secondary N) is 1. The molecular weight excluding hydrogens is 346 g/mol. The number of carbonyl (C=O) groups is 2. The molecule has 0 atom stereocenters. The topological polar surface area (TPSA) is 99.0 Å². The Balaban J connectivity index is 1.75. The average Bonchev–Trinajstić information content (AvgIpc) is 3.00. The molecule has 0 saturated heterocycles. The fourth-order valence-corrected chi connectivity index (χ4v) is 2.65. The molecule has 2 heterocycles. The maximum absolute atomic E-state index is 12.5. The molecule has 0 fully saturated rings. The van der Waals surface area contributed by atoms with Gasteiger partial charge >= 0.3 is 6.09 Å². The van der Waals surface area contributed by atoms with Gasteiger partial charge in [0.2, 0.25) is 5.82 Å². The highest BCUT2D eigenvalue weighted by Gasteiger charge is 2.20. The number of para-hydroxylation sites is 1. The molecular formula is C19H21N5O3. The predicted octanol–water partition coefficient (Wildman–Crippen LogP) is 2.58. The Bertz CT molecular complexity index is 960. The lowest BCUT2D eigenvalue weighted by Crippen LogP contribution is -2.27. The third kappa shape index (κ3) is 4.46. The third-order valence-electron chi connectivity index (χ3n) is 3.75. The third-order valence-corrected chi connectivity index (χ3v) is 3.75. The first-order chi connectivity index (χ1) is 12.8.